The average molecular weight is 218 g/mol. The molecule has 0 aromatic carbocycles. The minimum Gasteiger partial charge on any atom is -0.312 e. The van der Waals surface area contributed by atoms with Crippen molar-refractivity contribution < 1.29 is 4.79 Å². The number of aromatic nitrogens is 2. The number of aromatic amines is 2. The zero-order chi connectivity index (χ0) is 10.6. The van der Waals surface area contributed by atoms with Gasteiger partial charge in [0.05, 0.1) is 0 Å². The van der Waals surface area contributed by atoms with E-state index >= 15 is 0 Å². The summed E-state index contributed by atoms with van der Waals surface area (Å²) in [4.78, 5) is 36.8. The predicted molar refractivity (Wildman–Crippen MR) is 51.7 cm³/mol. The second-order valence-corrected chi connectivity index (χ2v) is 2.87. The quantitative estimate of drug-likeness (QED) is 0.603. The normalized spacial score (nSPS) is 9.79. The Morgan fingerprint density at radius 2 is 2.14 bits per heavy atom. The summed E-state index contributed by atoms with van der Waals surface area (Å²) in [5.74, 6) is -0.116. The molecule has 0 fully saturated rings. The van der Waals surface area contributed by atoms with Crippen molar-refractivity contribution in [3.8, 4) is 0 Å². The highest BCUT2D eigenvalue weighted by molar-refractivity contribution is 6.19. The van der Waals surface area contributed by atoms with Gasteiger partial charge in [0.1, 0.15) is 5.82 Å². The number of anilines is 1. The second kappa shape index (κ2) is 4.61. The molecule has 0 aliphatic heterocycles. The van der Waals surface area contributed by atoms with Gasteiger partial charge in [-0.25, -0.2) is 4.79 Å². The minimum atomic E-state index is -0.668. The number of nitrogens with one attached hydrogen (secondary N) is 3. The van der Waals surface area contributed by atoms with Crippen molar-refractivity contribution in [2.24, 2.45) is 0 Å². The maximum Gasteiger partial charge on any atom is 0.327 e. The van der Waals surface area contributed by atoms with Crippen molar-refractivity contribution in [3.63, 3.8) is 0 Å². The molecule has 1 heterocycles. The Hall–Kier alpha value is -1.56. The lowest BCUT2D eigenvalue weighted by Gasteiger charge is -2.01. The zero-order valence-corrected chi connectivity index (χ0v) is 7.85. The number of carbonyl (C=O) groups excluding carboxylic acids is 1. The first-order chi connectivity index (χ1) is 6.61. The summed E-state index contributed by atoms with van der Waals surface area (Å²) in [6.07, 6.45) is 0.121. The first kappa shape index (κ1) is 10.5. The van der Waals surface area contributed by atoms with Gasteiger partial charge in [0.15, 0.2) is 0 Å². The molecular weight excluding hydrogens is 210 g/mol. The Labute approximate surface area is 83.3 Å². The SMILES string of the molecule is O=C(CCCl)Nc1cc(=O)[nH]c(=O)[nH]1. The maximum absolute atomic E-state index is 11.0. The summed E-state index contributed by atoms with van der Waals surface area (Å²) >= 11 is 5.32. The molecule has 0 saturated carbocycles. The fraction of sp³-hybridized carbons (Fsp3) is 0.286. The van der Waals surface area contributed by atoms with E-state index in [0.717, 1.165) is 6.07 Å². The Kier molecular flexibility index (Phi) is 3.47. The molecule has 6 nitrogen and oxygen atoms in total. The van der Waals surface area contributed by atoms with E-state index in [-0.39, 0.29) is 24.0 Å². The van der Waals surface area contributed by atoms with Crippen molar-refractivity contribution in [2.45, 2.75) is 6.42 Å². The predicted octanol–water partition coefficient (Wildman–Crippen LogP) is -0.369. The van der Waals surface area contributed by atoms with Crippen LogP contribution in [0.1, 0.15) is 6.42 Å². The van der Waals surface area contributed by atoms with Crippen LogP contribution < -0.4 is 16.6 Å². The summed E-state index contributed by atoms with van der Waals surface area (Å²) in [7, 11) is 0. The Bertz CT molecular complexity index is 408. The van der Waals surface area contributed by atoms with E-state index in [1.54, 1.807) is 0 Å². The van der Waals surface area contributed by atoms with E-state index in [1.807, 2.05) is 4.98 Å². The molecule has 1 amide bonds. The van der Waals surface area contributed by atoms with Gasteiger partial charge in [-0.1, -0.05) is 0 Å². The lowest BCUT2D eigenvalue weighted by molar-refractivity contribution is -0.115. The van der Waals surface area contributed by atoms with Crippen LogP contribution >= 0.6 is 11.6 Å². The van der Waals surface area contributed by atoms with Crippen molar-refractivity contribution in [1.82, 2.24) is 9.97 Å². The minimum absolute atomic E-state index is 0.0638. The molecule has 0 unspecified atom stereocenters. The zero-order valence-electron chi connectivity index (χ0n) is 7.09. The molecule has 76 valence electrons. The first-order valence-corrected chi connectivity index (χ1v) is 4.35. The van der Waals surface area contributed by atoms with Gasteiger partial charge in [-0.3, -0.25) is 19.6 Å². The van der Waals surface area contributed by atoms with Gasteiger partial charge >= 0.3 is 5.69 Å². The lowest BCUT2D eigenvalue weighted by Crippen LogP contribution is -2.24. The van der Waals surface area contributed by atoms with Crippen LogP contribution in [-0.4, -0.2) is 21.8 Å². The molecule has 3 N–H and O–H groups in total. The summed E-state index contributed by atoms with van der Waals surface area (Å²) in [6, 6.07) is 1.08. The van der Waals surface area contributed by atoms with Crippen LogP contribution in [-0.2, 0) is 4.79 Å². The van der Waals surface area contributed by atoms with E-state index in [1.165, 1.54) is 0 Å². The third-order valence-electron chi connectivity index (χ3n) is 1.36. The van der Waals surface area contributed by atoms with Crippen LogP contribution in [0.2, 0.25) is 0 Å². The largest absolute Gasteiger partial charge is 0.327 e. The number of halogens is 1. The molecule has 0 bridgehead atoms. The standard InChI is InChI=1S/C7H8ClN3O3/c8-2-1-5(12)9-4-3-6(13)11-7(14)10-4/h3H,1-2H2,(H3,9,10,11,12,13,14). The Morgan fingerprint density at radius 3 is 2.71 bits per heavy atom. The highest BCUT2D eigenvalue weighted by Gasteiger charge is 2.02. The van der Waals surface area contributed by atoms with Gasteiger partial charge in [0.25, 0.3) is 5.56 Å². The molecule has 14 heavy (non-hydrogen) atoms. The van der Waals surface area contributed by atoms with Gasteiger partial charge in [0, 0.05) is 18.4 Å². The number of rotatable bonds is 3. The molecule has 0 radical (unpaired) electrons. The number of alkyl halides is 1. The number of H-pyrrole nitrogens is 2. The van der Waals surface area contributed by atoms with Crippen LogP contribution in [0.5, 0.6) is 0 Å². The van der Waals surface area contributed by atoms with Crippen LogP contribution in [0.3, 0.4) is 0 Å². The molecule has 7 heteroatoms. The van der Waals surface area contributed by atoms with E-state index in [0.29, 0.717) is 0 Å². The van der Waals surface area contributed by atoms with Crippen molar-refractivity contribution in [2.75, 3.05) is 11.2 Å². The third kappa shape index (κ3) is 3.06. The number of hydrogen-bond acceptors (Lipinski definition) is 3. The first-order valence-electron chi connectivity index (χ1n) is 3.81. The van der Waals surface area contributed by atoms with Crippen LogP contribution in [0.25, 0.3) is 0 Å². The Balaban J connectivity index is 2.82. The van der Waals surface area contributed by atoms with Gasteiger partial charge in [0.2, 0.25) is 5.91 Å². The third-order valence-corrected chi connectivity index (χ3v) is 1.54. The summed E-state index contributed by atoms with van der Waals surface area (Å²) in [6.45, 7) is 0. The van der Waals surface area contributed by atoms with E-state index < -0.39 is 11.2 Å². The molecule has 1 rings (SSSR count). The smallest absolute Gasteiger partial charge is 0.312 e. The summed E-state index contributed by atoms with van der Waals surface area (Å²) in [5, 5.41) is 2.33. The molecular formula is C7H8ClN3O3. The van der Waals surface area contributed by atoms with Gasteiger partial charge in [-0.15, -0.1) is 11.6 Å². The number of amides is 1. The Morgan fingerprint density at radius 1 is 1.43 bits per heavy atom. The summed E-state index contributed by atoms with van der Waals surface area (Å²) < 4.78 is 0. The summed E-state index contributed by atoms with van der Waals surface area (Å²) in [5.41, 5.74) is -1.24. The molecule has 0 spiro atoms. The molecule has 0 saturated heterocycles. The molecule has 1 aromatic heterocycles. The van der Waals surface area contributed by atoms with E-state index in [2.05, 4.69) is 10.3 Å². The second-order valence-electron chi connectivity index (χ2n) is 2.49. The van der Waals surface area contributed by atoms with E-state index in [9.17, 15) is 14.4 Å². The van der Waals surface area contributed by atoms with E-state index in [4.69, 9.17) is 11.6 Å². The fourth-order valence-corrected chi connectivity index (χ4v) is 1.01. The number of hydrogen-bond donors (Lipinski definition) is 3. The van der Waals surface area contributed by atoms with Crippen LogP contribution in [0.4, 0.5) is 5.82 Å². The van der Waals surface area contributed by atoms with Crippen molar-refractivity contribution in [3.05, 3.63) is 26.9 Å². The molecule has 1 aromatic rings. The van der Waals surface area contributed by atoms with Crippen molar-refractivity contribution in [1.29, 1.82) is 0 Å². The van der Waals surface area contributed by atoms with Gasteiger partial charge < -0.3 is 5.32 Å². The highest BCUT2D eigenvalue weighted by Crippen LogP contribution is 1.95. The van der Waals surface area contributed by atoms with Gasteiger partial charge in [-0.05, 0) is 0 Å². The molecule has 0 aliphatic rings. The fourth-order valence-electron chi connectivity index (χ4n) is 0.835. The maximum atomic E-state index is 11.0. The monoisotopic (exact) mass is 217 g/mol. The topological polar surface area (TPSA) is 94.8 Å². The van der Waals surface area contributed by atoms with Crippen LogP contribution in [0.15, 0.2) is 15.7 Å². The molecule has 0 aliphatic carbocycles. The van der Waals surface area contributed by atoms with Gasteiger partial charge in [-0.2, -0.15) is 0 Å². The van der Waals surface area contributed by atoms with Crippen LogP contribution in [0, 0.1) is 0 Å². The highest BCUT2D eigenvalue weighted by atomic mass is 35.5. The average Bonchev–Trinajstić information content (AvgIpc) is 2.01. The lowest BCUT2D eigenvalue weighted by atomic mass is 10.4. The number of carbonyl (C=O) groups is 1. The molecule has 0 atom stereocenters. The van der Waals surface area contributed by atoms with Crippen molar-refractivity contribution >= 4 is 23.3 Å².